The number of carboxylic acid groups (broad SMARTS) is 1. The average Bonchev–Trinajstić information content (AvgIpc) is 2.74. The molecule has 0 heterocycles. The lowest BCUT2D eigenvalue weighted by Gasteiger charge is -2.30. The number of carboxylic acids is 1. The highest BCUT2D eigenvalue weighted by atomic mass is 32.1. The predicted octanol–water partition coefficient (Wildman–Crippen LogP) is 5.86. The van der Waals surface area contributed by atoms with Gasteiger partial charge in [0.2, 0.25) is 0 Å². The van der Waals surface area contributed by atoms with Crippen molar-refractivity contribution in [3.8, 4) is 17.2 Å². The van der Waals surface area contributed by atoms with E-state index in [1.807, 2.05) is 0 Å². The Morgan fingerprint density at radius 2 is 1.53 bits per heavy atom. The van der Waals surface area contributed by atoms with E-state index in [1.54, 1.807) is 0 Å². The molecule has 2 aromatic rings. The maximum atomic E-state index is 12.4. The van der Waals surface area contributed by atoms with Crippen molar-refractivity contribution in [2.75, 3.05) is 5.32 Å². The molecule has 0 aliphatic heterocycles. The van der Waals surface area contributed by atoms with Crippen molar-refractivity contribution in [1.82, 2.24) is 5.32 Å². The van der Waals surface area contributed by atoms with E-state index < -0.39 is 35.8 Å². The van der Waals surface area contributed by atoms with Crippen molar-refractivity contribution in [1.29, 1.82) is 0 Å². The molecule has 1 saturated carbocycles. The standard InChI is InChI=1S/C22H20F6N2O5S/c23-21(24,25)34-15-3-1-2-13(10-15)30-20(36)29-12-4-6-14(7-5-12)33-18-9-8-16(35-22(26,27)28)11-17(18)19(31)32/h1-3,8-12,14H,4-7H2,(H,31,32)(H2,29,30,36). The molecule has 0 amide bonds. The van der Waals surface area contributed by atoms with Gasteiger partial charge in [0.25, 0.3) is 0 Å². The first-order valence-corrected chi connectivity index (χ1v) is 10.9. The molecule has 0 saturated heterocycles. The summed E-state index contributed by atoms with van der Waals surface area (Å²) in [6.07, 6.45) is -8.03. The molecule has 0 unspecified atom stereocenters. The summed E-state index contributed by atoms with van der Waals surface area (Å²) in [6.45, 7) is 0. The monoisotopic (exact) mass is 538 g/mol. The number of hydrogen-bond donors (Lipinski definition) is 3. The summed E-state index contributed by atoms with van der Waals surface area (Å²) < 4.78 is 87.7. The van der Waals surface area contributed by atoms with Crippen molar-refractivity contribution in [3.63, 3.8) is 0 Å². The largest absolute Gasteiger partial charge is 0.573 e. The minimum absolute atomic E-state index is 0.0772. The molecule has 196 valence electrons. The quantitative estimate of drug-likeness (QED) is 0.299. The van der Waals surface area contributed by atoms with Gasteiger partial charge in [-0.2, -0.15) is 0 Å². The number of hydrogen-bond acceptors (Lipinski definition) is 5. The molecule has 1 fully saturated rings. The lowest BCUT2D eigenvalue weighted by atomic mass is 9.93. The molecule has 1 aliphatic carbocycles. The summed E-state index contributed by atoms with van der Waals surface area (Å²) in [6, 6.07) is 7.96. The van der Waals surface area contributed by atoms with E-state index in [-0.39, 0.29) is 23.0 Å². The first kappa shape index (κ1) is 27.2. The average molecular weight is 538 g/mol. The van der Waals surface area contributed by atoms with Crippen LogP contribution in [0, 0.1) is 0 Å². The minimum Gasteiger partial charge on any atom is -0.490 e. The van der Waals surface area contributed by atoms with E-state index in [4.69, 9.17) is 17.0 Å². The second kappa shape index (κ2) is 11.1. The van der Waals surface area contributed by atoms with Crippen LogP contribution in [0.2, 0.25) is 0 Å². The van der Waals surface area contributed by atoms with Crippen LogP contribution in [0.3, 0.4) is 0 Å². The smallest absolute Gasteiger partial charge is 0.490 e. The number of thiocarbonyl (C=S) groups is 1. The van der Waals surface area contributed by atoms with Gasteiger partial charge in [0.1, 0.15) is 22.8 Å². The molecule has 0 spiro atoms. The van der Waals surface area contributed by atoms with Crippen molar-refractivity contribution >= 4 is 29.0 Å². The zero-order chi connectivity index (χ0) is 26.5. The van der Waals surface area contributed by atoms with Gasteiger partial charge >= 0.3 is 18.7 Å². The van der Waals surface area contributed by atoms with Gasteiger partial charge in [-0.3, -0.25) is 0 Å². The summed E-state index contributed by atoms with van der Waals surface area (Å²) in [5.74, 6) is -2.61. The normalized spacial score (nSPS) is 18.2. The summed E-state index contributed by atoms with van der Waals surface area (Å²) in [4.78, 5) is 11.5. The highest BCUT2D eigenvalue weighted by Gasteiger charge is 2.32. The Labute approximate surface area is 206 Å². The predicted molar refractivity (Wildman–Crippen MR) is 119 cm³/mol. The maximum Gasteiger partial charge on any atom is 0.573 e. The van der Waals surface area contributed by atoms with Crippen LogP contribution >= 0.6 is 12.2 Å². The summed E-state index contributed by atoms with van der Waals surface area (Å²) in [7, 11) is 0. The van der Waals surface area contributed by atoms with Crippen LogP contribution in [0.5, 0.6) is 17.2 Å². The lowest BCUT2D eigenvalue weighted by molar-refractivity contribution is -0.275. The fourth-order valence-corrected chi connectivity index (χ4v) is 3.89. The number of rotatable bonds is 7. The van der Waals surface area contributed by atoms with Crippen molar-refractivity contribution in [3.05, 3.63) is 48.0 Å². The van der Waals surface area contributed by atoms with Crippen LogP contribution in [-0.2, 0) is 0 Å². The van der Waals surface area contributed by atoms with Crippen LogP contribution < -0.4 is 24.8 Å². The zero-order valence-corrected chi connectivity index (χ0v) is 19.1. The zero-order valence-electron chi connectivity index (χ0n) is 18.3. The lowest BCUT2D eigenvalue weighted by Crippen LogP contribution is -2.41. The van der Waals surface area contributed by atoms with E-state index in [9.17, 15) is 36.2 Å². The molecular weight excluding hydrogens is 518 g/mol. The van der Waals surface area contributed by atoms with Crippen LogP contribution in [0.25, 0.3) is 0 Å². The van der Waals surface area contributed by atoms with Gasteiger partial charge in [-0.05, 0) is 68.2 Å². The van der Waals surface area contributed by atoms with Crippen LogP contribution in [-0.4, -0.2) is 41.1 Å². The van der Waals surface area contributed by atoms with E-state index in [0.717, 1.165) is 30.3 Å². The number of nitrogens with one attached hydrogen (secondary N) is 2. The summed E-state index contributed by atoms with van der Waals surface area (Å²) in [5.41, 5.74) is -0.162. The van der Waals surface area contributed by atoms with E-state index in [1.165, 1.54) is 12.1 Å². The van der Waals surface area contributed by atoms with E-state index >= 15 is 0 Å². The van der Waals surface area contributed by atoms with Gasteiger partial charge in [0, 0.05) is 17.8 Å². The Hall–Kier alpha value is -3.42. The van der Waals surface area contributed by atoms with Gasteiger partial charge in [-0.1, -0.05) is 6.07 Å². The molecule has 1 aliphatic rings. The van der Waals surface area contributed by atoms with Crippen LogP contribution in [0.4, 0.5) is 32.0 Å². The Bertz CT molecular complexity index is 1090. The van der Waals surface area contributed by atoms with Gasteiger partial charge in [0.05, 0.1) is 6.10 Å². The van der Waals surface area contributed by atoms with Gasteiger partial charge in [-0.25, -0.2) is 4.79 Å². The summed E-state index contributed by atoms with van der Waals surface area (Å²) >= 11 is 5.23. The van der Waals surface area contributed by atoms with E-state index in [2.05, 4.69) is 20.1 Å². The second-order valence-corrected chi connectivity index (χ2v) is 8.18. The Balaban J connectivity index is 1.51. The molecule has 2 aromatic carbocycles. The number of ether oxygens (including phenoxy) is 3. The van der Waals surface area contributed by atoms with Gasteiger partial charge < -0.3 is 30.0 Å². The van der Waals surface area contributed by atoms with Crippen LogP contribution in [0.15, 0.2) is 42.5 Å². The molecule has 14 heteroatoms. The SMILES string of the molecule is O=C(O)c1cc(OC(F)(F)F)ccc1OC1CCC(NC(=S)Nc2cccc(OC(F)(F)F)c2)CC1. The fourth-order valence-electron chi connectivity index (χ4n) is 3.60. The van der Waals surface area contributed by atoms with Crippen molar-refractivity contribution < 1.29 is 50.5 Å². The molecule has 0 bridgehead atoms. The third-order valence-electron chi connectivity index (χ3n) is 5.04. The number of benzene rings is 2. The Kier molecular flexibility index (Phi) is 8.38. The number of alkyl halides is 6. The van der Waals surface area contributed by atoms with Crippen molar-refractivity contribution in [2.24, 2.45) is 0 Å². The van der Waals surface area contributed by atoms with Gasteiger partial charge in [-0.15, -0.1) is 26.3 Å². The van der Waals surface area contributed by atoms with Crippen LogP contribution in [0.1, 0.15) is 36.0 Å². The third-order valence-corrected chi connectivity index (χ3v) is 5.26. The molecule has 0 aromatic heterocycles. The van der Waals surface area contributed by atoms with E-state index in [0.29, 0.717) is 31.4 Å². The molecular formula is C22H20F6N2O5S. The topological polar surface area (TPSA) is 89.1 Å². The molecule has 0 radical (unpaired) electrons. The molecule has 7 nitrogen and oxygen atoms in total. The maximum absolute atomic E-state index is 12.4. The highest BCUT2D eigenvalue weighted by Crippen LogP contribution is 2.31. The number of carbonyl (C=O) groups is 1. The first-order chi connectivity index (χ1) is 16.8. The highest BCUT2D eigenvalue weighted by molar-refractivity contribution is 7.80. The molecule has 36 heavy (non-hydrogen) atoms. The second-order valence-electron chi connectivity index (χ2n) is 7.78. The molecule has 3 N–H and O–H groups in total. The Morgan fingerprint density at radius 1 is 0.917 bits per heavy atom. The summed E-state index contributed by atoms with van der Waals surface area (Å²) in [5, 5.41) is 15.4. The minimum atomic E-state index is -4.96. The number of anilines is 1. The number of aromatic carboxylic acids is 1. The third kappa shape index (κ3) is 8.66. The molecule has 0 atom stereocenters. The Morgan fingerprint density at radius 3 is 2.11 bits per heavy atom. The molecule has 3 rings (SSSR count). The number of halogens is 6. The van der Waals surface area contributed by atoms with Gasteiger partial charge in [0.15, 0.2) is 5.11 Å². The fraction of sp³-hybridized carbons (Fsp3) is 0.364. The first-order valence-electron chi connectivity index (χ1n) is 10.5. The van der Waals surface area contributed by atoms with Crippen molar-refractivity contribution in [2.45, 2.75) is 50.6 Å².